The Morgan fingerprint density at radius 3 is 0.483 bits per heavy atom. The molecule has 0 spiro atoms. The minimum absolute atomic E-state index is 0. The van der Waals surface area contributed by atoms with Gasteiger partial charge in [-0.15, -0.1) is 0 Å². The van der Waals surface area contributed by atoms with Crippen LogP contribution < -0.4 is 29.6 Å². The van der Waals surface area contributed by atoms with E-state index < -0.39 is 101 Å². The molecule has 0 aliphatic rings. The zero-order valence-electron chi connectivity index (χ0n) is 75.3. The van der Waals surface area contributed by atoms with Gasteiger partial charge >= 0.3 is 114 Å². The summed E-state index contributed by atoms with van der Waals surface area (Å²) in [7, 11) is -14.8. The molecule has 0 aliphatic heterocycles. The zero-order chi connectivity index (χ0) is 85.0. The largest absolute Gasteiger partial charge is 2.00 e. The number of ether oxygens (including phenoxy) is 6. The first-order valence-corrected chi connectivity index (χ1v) is 51.2. The minimum Gasteiger partial charge on any atom is -0.747 e. The molecule has 116 heavy (non-hydrogen) atoms. The molecule has 0 aliphatic carbocycles. The molecule has 21 nitrogen and oxygen atoms in total. The van der Waals surface area contributed by atoms with Gasteiger partial charge in [-0.05, 0) is 38.5 Å². The molecule has 0 rings (SSSR count). The van der Waals surface area contributed by atoms with Gasteiger partial charge in [0.25, 0.3) is 10.1 Å². The number of carbonyl (C=O) groups is 6. The van der Waals surface area contributed by atoms with E-state index in [2.05, 4.69) is 41.5 Å². The fourth-order valence-corrected chi connectivity index (χ4v) is 15.4. The smallest absolute Gasteiger partial charge is 0.747 e. The maximum absolute atomic E-state index is 12.2. The van der Waals surface area contributed by atoms with Gasteiger partial charge in [0.2, 0.25) is 0 Å². The second-order valence-electron chi connectivity index (χ2n) is 32.0. The molecule has 0 heterocycles. The molecule has 0 saturated carbocycles. The number of hydrogen-bond acceptors (Lipinski definition) is 20. The first-order chi connectivity index (χ1) is 55.0. The predicted octanol–water partition coefficient (Wildman–Crippen LogP) is 21.0. The van der Waals surface area contributed by atoms with E-state index in [1.807, 2.05) is 0 Å². The van der Waals surface area contributed by atoms with Crippen molar-refractivity contribution in [3.05, 3.63) is 0 Å². The van der Waals surface area contributed by atoms with Crippen LogP contribution in [0.3, 0.4) is 0 Å². The average Bonchev–Trinajstić information content (AvgIpc) is 0.869. The number of esters is 6. The van der Waals surface area contributed by atoms with Gasteiger partial charge in [-0.1, -0.05) is 427 Å². The number of rotatable bonds is 84. The summed E-state index contributed by atoms with van der Waals surface area (Å²) in [6, 6.07) is 0. The van der Waals surface area contributed by atoms with Crippen LogP contribution in [0.15, 0.2) is 0 Å². The van der Waals surface area contributed by atoms with Crippen molar-refractivity contribution >= 4 is 115 Å². The molecule has 0 bridgehead atoms. The Labute approximate surface area is 773 Å². The van der Waals surface area contributed by atoms with Crippen LogP contribution in [0.25, 0.3) is 0 Å². The van der Waals surface area contributed by atoms with Gasteiger partial charge in [-0.3, -0.25) is 33.3 Å². The monoisotopic (exact) mass is 1850 g/mol. The summed E-state index contributed by atoms with van der Waals surface area (Å²) in [4.78, 5) is 72.7. The molecular formula is C90H172BaNaO21S3+. The van der Waals surface area contributed by atoms with Gasteiger partial charge in [-0.2, -0.15) is 8.42 Å². The van der Waals surface area contributed by atoms with E-state index >= 15 is 0 Å². The van der Waals surface area contributed by atoms with Crippen LogP contribution in [0.2, 0.25) is 0 Å². The van der Waals surface area contributed by atoms with E-state index in [9.17, 15) is 67.7 Å². The van der Waals surface area contributed by atoms with Crippen molar-refractivity contribution < 1.29 is 126 Å². The topological polar surface area (TPSA) is 327 Å². The molecule has 3 unspecified atom stereocenters. The normalized spacial score (nSPS) is 12.2. The number of unbranched alkanes of at least 4 members (excludes halogenated alkanes) is 60. The van der Waals surface area contributed by atoms with E-state index in [1.165, 1.54) is 270 Å². The molecular weight excluding hydrogens is 1670 g/mol. The molecule has 0 aromatic rings. The van der Waals surface area contributed by atoms with Gasteiger partial charge in [0.15, 0.2) is 15.7 Å². The minimum atomic E-state index is -5.01. The molecule has 26 heteroatoms. The molecule has 1 N–H and O–H groups in total. The fraction of sp³-hybridized carbons (Fsp3) is 0.933. The third-order valence-electron chi connectivity index (χ3n) is 20.9. The Morgan fingerprint density at radius 2 is 0.345 bits per heavy atom. The number of hydrogen-bond donors (Lipinski definition) is 1. The Morgan fingerprint density at radius 1 is 0.224 bits per heavy atom. The third-order valence-corrected chi connectivity index (χ3v) is 24.1. The van der Waals surface area contributed by atoms with Crippen LogP contribution in [0.1, 0.15) is 485 Å². The molecule has 0 radical (unpaired) electrons. The predicted molar refractivity (Wildman–Crippen MR) is 466 cm³/mol. The second-order valence-corrected chi connectivity index (χ2v) is 36.7. The Balaban J connectivity index is -0.000000527. The SMILES string of the molecule is CCCCCCCCCCCCCOC(=O)CC(C(=O)OCCCCCCCCCCCCC)S(=O)(=O)O.CCCCCCCCCCCCCOC(=O)CC(C(=O)OCCCCCCCCCCCCC)S(=O)(=O)[O-].CCCCCCCCCCCCCOC(=O)CC(C(=O)OCCCCCCCCCCCCC)S(=O)(=O)[O-].[Ba+2].[Na+]. The van der Waals surface area contributed by atoms with Crippen molar-refractivity contribution in [3.8, 4) is 0 Å². The maximum atomic E-state index is 12.2. The zero-order valence-corrected chi connectivity index (χ0v) is 84.2. The molecule has 0 amide bonds. The van der Waals surface area contributed by atoms with Crippen LogP contribution in [0.5, 0.6) is 0 Å². The van der Waals surface area contributed by atoms with Crippen molar-refractivity contribution in [2.24, 2.45) is 0 Å². The first-order valence-electron chi connectivity index (χ1n) is 46.8. The standard InChI is InChI=1S/3C30H58O7S.Ba.Na/c3*1-3-5-7-9-11-13-15-17-19-21-23-25-36-29(31)27-28(38(33,34)35)30(32)37-26-24-22-20-18-16-14-12-10-8-6-4-2;;/h3*28H,3-27H2,1-2H3,(H,33,34,35);;/q;;;+2;+1/p-2. The van der Waals surface area contributed by atoms with Crippen LogP contribution in [-0.4, -0.2) is 179 Å². The molecule has 678 valence electrons. The van der Waals surface area contributed by atoms with E-state index in [0.29, 0.717) is 38.5 Å². The Kier molecular flexibility index (Phi) is 99.4. The van der Waals surface area contributed by atoms with Crippen molar-refractivity contribution in [1.29, 1.82) is 0 Å². The van der Waals surface area contributed by atoms with Crippen molar-refractivity contribution in [3.63, 3.8) is 0 Å². The Hall–Kier alpha value is -0.879. The maximum Gasteiger partial charge on any atom is 2.00 e. The summed E-state index contributed by atoms with van der Waals surface area (Å²) in [6.07, 6.45) is 74.1. The first kappa shape index (κ1) is 124. The Bertz CT molecular complexity index is 2280. The van der Waals surface area contributed by atoms with E-state index in [4.69, 9.17) is 28.4 Å². The van der Waals surface area contributed by atoms with E-state index in [-0.39, 0.29) is 118 Å². The molecule has 3 atom stereocenters. The van der Waals surface area contributed by atoms with Crippen molar-refractivity contribution in [2.45, 2.75) is 500 Å². The van der Waals surface area contributed by atoms with Gasteiger partial charge < -0.3 is 37.5 Å². The van der Waals surface area contributed by atoms with Crippen molar-refractivity contribution in [1.82, 2.24) is 0 Å². The molecule has 0 saturated heterocycles. The molecule has 0 fully saturated rings. The fourth-order valence-electron chi connectivity index (χ4n) is 13.5. The van der Waals surface area contributed by atoms with Gasteiger partial charge in [-0.25, -0.2) is 16.8 Å². The summed E-state index contributed by atoms with van der Waals surface area (Å²) in [5.41, 5.74) is 0. The van der Waals surface area contributed by atoms with Gasteiger partial charge in [0.1, 0.15) is 20.2 Å². The number of carbonyl (C=O) groups excluding carboxylic acids is 6. The van der Waals surface area contributed by atoms with Gasteiger partial charge in [0.05, 0.1) is 58.9 Å². The van der Waals surface area contributed by atoms with Crippen LogP contribution in [-0.2, 0) is 87.5 Å². The summed E-state index contributed by atoms with van der Waals surface area (Å²) < 4.78 is 132. The summed E-state index contributed by atoms with van der Waals surface area (Å²) in [6.45, 7) is 14.0. The van der Waals surface area contributed by atoms with Crippen LogP contribution >= 0.6 is 0 Å². The summed E-state index contributed by atoms with van der Waals surface area (Å²) in [5, 5.41) is -6.01. The quantitative estimate of drug-likeness (QED) is 0.0194. The van der Waals surface area contributed by atoms with Crippen molar-refractivity contribution in [2.75, 3.05) is 39.6 Å². The molecule has 0 aromatic carbocycles. The van der Waals surface area contributed by atoms with Crippen LogP contribution in [0.4, 0.5) is 0 Å². The van der Waals surface area contributed by atoms with Gasteiger partial charge in [0, 0.05) is 0 Å². The van der Waals surface area contributed by atoms with Crippen LogP contribution in [0, 0.1) is 0 Å². The molecule has 0 aromatic heterocycles. The average molecular weight is 1850 g/mol. The van der Waals surface area contributed by atoms with E-state index in [0.717, 1.165) is 116 Å². The summed E-state index contributed by atoms with van der Waals surface area (Å²) in [5.74, 6) is -5.92. The third kappa shape index (κ3) is 90.8. The second kappa shape index (κ2) is 93.3. The summed E-state index contributed by atoms with van der Waals surface area (Å²) >= 11 is 0. The van der Waals surface area contributed by atoms with E-state index in [1.54, 1.807) is 0 Å².